The fraction of sp³-hybridized carbons (Fsp3) is 0.824. The Kier molecular flexibility index (Phi) is 4.74. The van der Waals surface area contributed by atoms with Crippen LogP contribution in [0.3, 0.4) is 0 Å². The van der Waals surface area contributed by atoms with E-state index < -0.39 is 11.6 Å². The van der Waals surface area contributed by atoms with Gasteiger partial charge < -0.3 is 10.6 Å². The van der Waals surface area contributed by atoms with Crippen molar-refractivity contribution in [3.05, 3.63) is 0 Å². The molecule has 130 valence electrons. The van der Waals surface area contributed by atoms with E-state index in [0.29, 0.717) is 18.8 Å². The van der Waals surface area contributed by atoms with Gasteiger partial charge in [0.05, 0.1) is 0 Å². The average molecular weight is 323 g/mol. The highest BCUT2D eigenvalue weighted by atomic mass is 16.2. The van der Waals surface area contributed by atoms with Crippen LogP contribution in [0.25, 0.3) is 0 Å². The van der Waals surface area contributed by atoms with E-state index in [0.717, 1.165) is 17.7 Å². The molecule has 6 heteroatoms. The van der Waals surface area contributed by atoms with Crippen LogP contribution in [0, 0.1) is 11.3 Å². The maximum atomic E-state index is 12.9. The van der Waals surface area contributed by atoms with Gasteiger partial charge in [0.2, 0.25) is 5.91 Å². The van der Waals surface area contributed by atoms with E-state index in [-0.39, 0.29) is 29.8 Å². The zero-order valence-electron chi connectivity index (χ0n) is 14.9. The first-order valence-electron chi connectivity index (χ1n) is 8.52. The minimum Gasteiger partial charge on any atom is -0.352 e. The summed E-state index contributed by atoms with van der Waals surface area (Å²) in [5, 5.41) is 5.69. The lowest BCUT2D eigenvalue weighted by molar-refractivity contribution is -0.137. The van der Waals surface area contributed by atoms with Crippen molar-refractivity contribution >= 4 is 17.8 Å². The molecule has 1 heterocycles. The second kappa shape index (κ2) is 6.13. The van der Waals surface area contributed by atoms with Crippen LogP contribution < -0.4 is 10.6 Å². The highest BCUT2D eigenvalue weighted by Crippen LogP contribution is 2.46. The van der Waals surface area contributed by atoms with Crippen LogP contribution in [0.2, 0.25) is 0 Å². The lowest BCUT2D eigenvalue weighted by Crippen LogP contribution is -2.54. The predicted octanol–water partition coefficient (Wildman–Crippen LogP) is 2.04. The van der Waals surface area contributed by atoms with Crippen LogP contribution in [-0.2, 0) is 9.59 Å². The third-order valence-electron chi connectivity index (χ3n) is 4.95. The highest BCUT2D eigenvalue weighted by molar-refractivity contribution is 6.09. The number of hydrogen-bond acceptors (Lipinski definition) is 3. The molecule has 1 saturated heterocycles. The van der Waals surface area contributed by atoms with Crippen molar-refractivity contribution in [1.29, 1.82) is 0 Å². The molecule has 0 aromatic rings. The van der Waals surface area contributed by atoms with Crippen molar-refractivity contribution in [3.8, 4) is 0 Å². The molecule has 6 nitrogen and oxygen atoms in total. The van der Waals surface area contributed by atoms with E-state index in [2.05, 4.69) is 31.4 Å². The Morgan fingerprint density at radius 2 is 2.04 bits per heavy atom. The van der Waals surface area contributed by atoms with E-state index in [1.807, 2.05) is 13.8 Å². The second-order valence-electron chi connectivity index (χ2n) is 8.13. The van der Waals surface area contributed by atoms with Gasteiger partial charge in [-0.25, -0.2) is 4.79 Å². The SMILES string of the molecule is CCC(C)NC(=O)CN1C(=O)NC2(CC(C)CC(C)(C)C2)C1=O. The first-order valence-corrected chi connectivity index (χ1v) is 8.52. The molecule has 2 fully saturated rings. The van der Waals surface area contributed by atoms with Crippen LogP contribution in [0.1, 0.15) is 60.3 Å². The van der Waals surface area contributed by atoms with Crippen molar-refractivity contribution in [2.75, 3.05) is 6.54 Å². The summed E-state index contributed by atoms with van der Waals surface area (Å²) < 4.78 is 0. The number of carbonyl (C=O) groups is 3. The lowest BCUT2D eigenvalue weighted by atomic mass is 9.64. The number of amides is 4. The fourth-order valence-electron chi connectivity index (χ4n) is 4.22. The number of carbonyl (C=O) groups excluding carboxylic acids is 3. The topological polar surface area (TPSA) is 78.5 Å². The maximum Gasteiger partial charge on any atom is 0.325 e. The summed E-state index contributed by atoms with van der Waals surface area (Å²) in [6, 6.07) is -0.412. The van der Waals surface area contributed by atoms with Gasteiger partial charge in [0.15, 0.2) is 0 Å². The normalized spacial score (nSPS) is 31.2. The smallest absolute Gasteiger partial charge is 0.325 e. The van der Waals surface area contributed by atoms with E-state index in [1.165, 1.54) is 0 Å². The molecule has 1 aliphatic carbocycles. The van der Waals surface area contributed by atoms with E-state index in [9.17, 15) is 14.4 Å². The van der Waals surface area contributed by atoms with E-state index >= 15 is 0 Å². The fourth-order valence-corrected chi connectivity index (χ4v) is 4.22. The van der Waals surface area contributed by atoms with Gasteiger partial charge in [0.25, 0.3) is 5.91 Å². The van der Waals surface area contributed by atoms with Crippen LogP contribution in [0.15, 0.2) is 0 Å². The molecule has 2 N–H and O–H groups in total. The average Bonchev–Trinajstić information content (AvgIpc) is 2.60. The summed E-state index contributed by atoms with van der Waals surface area (Å²) in [6.07, 6.45) is 3.11. The first-order chi connectivity index (χ1) is 10.6. The van der Waals surface area contributed by atoms with Gasteiger partial charge in [0, 0.05) is 6.04 Å². The van der Waals surface area contributed by atoms with Gasteiger partial charge >= 0.3 is 6.03 Å². The monoisotopic (exact) mass is 323 g/mol. The van der Waals surface area contributed by atoms with Crippen molar-refractivity contribution in [2.45, 2.75) is 71.9 Å². The van der Waals surface area contributed by atoms with Gasteiger partial charge in [-0.1, -0.05) is 27.7 Å². The third-order valence-corrected chi connectivity index (χ3v) is 4.95. The number of hydrogen-bond donors (Lipinski definition) is 2. The Morgan fingerprint density at radius 1 is 1.39 bits per heavy atom. The molecule has 3 unspecified atom stereocenters. The highest BCUT2D eigenvalue weighted by Gasteiger charge is 2.56. The number of rotatable bonds is 4. The molecule has 0 aromatic heterocycles. The zero-order valence-corrected chi connectivity index (χ0v) is 14.9. The van der Waals surface area contributed by atoms with Crippen molar-refractivity contribution in [3.63, 3.8) is 0 Å². The number of nitrogens with one attached hydrogen (secondary N) is 2. The number of nitrogens with zero attached hydrogens (tertiary/aromatic N) is 1. The van der Waals surface area contributed by atoms with Crippen LogP contribution in [-0.4, -0.2) is 40.9 Å². The minimum absolute atomic E-state index is 0.00436. The summed E-state index contributed by atoms with van der Waals surface area (Å²) in [5.74, 6) is -0.179. The van der Waals surface area contributed by atoms with Gasteiger partial charge in [0.1, 0.15) is 12.1 Å². The summed E-state index contributed by atoms with van der Waals surface area (Å²) in [5.41, 5.74) is -0.843. The summed E-state index contributed by atoms with van der Waals surface area (Å²) >= 11 is 0. The molecule has 1 aliphatic heterocycles. The molecule has 0 aromatic carbocycles. The van der Waals surface area contributed by atoms with E-state index in [4.69, 9.17) is 0 Å². The van der Waals surface area contributed by atoms with Crippen LogP contribution in [0.5, 0.6) is 0 Å². The molecular weight excluding hydrogens is 294 g/mol. The van der Waals surface area contributed by atoms with Crippen molar-refractivity contribution < 1.29 is 14.4 Å². The molecule has 23 heavy (non-hydrogen) atoms. The quantitative estimate of drug-likeness (QED) is 0.777. The van der Waals surface area contributed by atoms with Gasteiger partial charge in [-0.15, -0.1) is 0 Å². The zero-order chi connectivity index (χ0) is 17.4. The molecule has 0 bridgehead atoms. The Bertz CT molecular complexity index is 517. The third kappa shape index (κ3) is 3.67. The van der Waals surface area contributed by atoms with Gasteiger partial charge in [-0.3, -0.25) is 14.5 Å². The van der Waals surface area contributed by atoms with Crippen molar-refractivity contribution in [2.24, 2.45) is 11.3 Å². The molecule has 4 amide bonds. The first kappa shape index (κ1) is 17.8. The largest absolute Gasteiger partial charge is 0.352 e. The van der Waals surface area contributed by atoms with Crippen LogP contribution >= 0.6 is 0 Å². The van der Waals surface area contributed by atoms with Crippen molar-refractivity contribution in [1.82, 2.24) is 15.5 Å². The summed E-state index contributed by atoms with van der Waals surface area (Å²) in [4.78, 5) is 38.3. The van der Waals surface area contributed by atoms with E-state index in [1.54, 1.807) is 0 Å². The molecule has 0 radical (unpaired) electrons. The predicted molar refractivity (Wildman–Crippen MR) is 87.7 cm³/mol. The molecular formula is C17H29N3O3. The Balaban J connectivity index is 2.12. The Hall–Kier alpha value is -1.59. The summed E-state index contributed by atoms with van der Waals surface area (Å²) in [7, 11) is 0. The number of urea groups is 1. The maximum absolute atomic E-state index is 12.9. The van der Waals surface area contributed by atoms with Crippen LogP contribution in [0.4, 0.5) is 4.79 Å². The summed E-state index contributed by atoms with van der Waals surface area (Å²) in [6.45, 7) is 10.0. The molecule has 1 saturated carbocycles. The molecule has 3 atom stereocenters. The standard InChI is InChI=1S/C17H29N3O3/c1-6-12(3)18-13(21)9-20-14(22)17(19-15(20)23)8-11(2)7-16(4,5)10-17/h11-12H,6-10H2,1-5H3,(H,18,21)(H,19,23). The van der Waals surface area contributed by atoms with Gasteiger partial charge in [-0.05, 0) is 43.9 Å². The molecule has 2 rings (SSSR count). The number of imide groups is 1. The van der Waals surface area contributed by atoms with Gasteiger partial charge in [-0.2, -0.15) is 0 Å². The lowest BCUT2D eigenvalue weighted by Gasteiger charge is -2.43. The molecule has 1 spiro atoms. The Labute approximate surface area is 138 Å². The molecule has 2 aliphatic rings. The second-order valence-corrected chi connectivity index (χ2v) is 8.13. The Morgan fingerprint density at radius 3 is 2.61 bits per heavy atom. The minimum atomic E-state index is -0.838.